The summed E-state index contributed by atoms with van der Waals surface area (Å²) >= 11 is 0. The number of carbonyl (C=O) groups excluding carboxylic acids is 1. The van der Waals surface area contributed by atoms with Crippen molar-refractivity contribution in [2.24, 2.45) is 0 Å². The molecule has 1 rings (SSSR count). The van der Waals surface area contributed by atoms with Crippen molar-refractivity contribution >= 4 is 5.97 Å². The molecule has 0 amide bonds. The van der Waals surface area contributed by atoms with E-state index in [1.54, 1.807) is 0 Å². The van der Waals surface area contributed by atoms with Crippen molar-refractivity contribution in [3.63, 3.8) is 0 Å². The van der Waals surface area contributed by atoms with Crippen LogP contribution in [0.3, 0.4) is 0 Å². The van der Waals surface area contributed by atoms with Gasteiger partial charge in [-0.25, -0.2) is 0 Å². The lowest BCUT2D eigenvalue weighted by Crippen LogP contribution is -2.05. The first-order valence-electron chi connectivity index (χ1n) is 7.67. The predicted octanol–water partition coefficient (Wildman–Crippen LogP) is 2.66. The van der Waals surface area contributed by atoms with E-state index in [2.05, 4.69) is 4.74 Å². The minimum atomic E-state index is -3.05. The van der Waals surface area contributed by atoms with E-state index in [0.717, 1.165) is 6.42 Å². The first-order valence-corrected chi connectivity index (χ1v) is 4.17. The summed E-state index contributed by atoms with van der Waals surface area (Å²) in [5.74, 6) is -1.52. The number of hydrogen-bond acceptors (Lipinski definition) is 2. The molecule has 0 aliphatic carbocycles. The lowest BCUT2D eigenvalue weighted by molar-refractivity contribution is -0.141. The van der Waals surface area contributed by atoms with Crippen LogP contribution in [0.25, 0.3) is 0 Å². The first-order chi connectivity index (χ1) is 8.44. The Morgan fingerprint density at radius 3 is 3.17 bits per heavy atom. The Hall–Kier alpha value is -0.530. The molecule has 1 aliphatic heterocycles. The van der Waals surface area contributed by atoms with Crippen molar-refractivity contribution in [2.45, 2.75) is 57.8 Å². The summed E-state index contributed by atoms with van der Waals surface area (Å²) < 4.78 is 58.0. The standard InChI is InChI=1S/C10H18O2/c1-2-3-4-5-6-9-7-8-10(11)12-9/h9H,2-8H2,1H3/i6D2,7D2,8D2,9D. The summed E-state index contributed by atoms with van der Waals surface area (Å²) in [5, 5.41) is 0. The van der Waals surface area contributed by atoms with Gasteiger partial charge in [-0.05, 0) is 19.2 Å². The smallest absolute Gasteiger partial charge is 0.306 e. The maximum absolute atomic E-state index is 11.4. The normalized spacial score (nSPS) is 47.1. The van der Waals surface area contributed by atoms with Gasteiger partial charge in [0.05, 0.1) is 1.37 Å². The number of cyclic esters (lactones) is 1. The van der Waals surface area contributed by atoms with E-state index < -0.39 is 31.2 Å². The molecule has 1 aliphatic rings. The van der Waals surface area contributed by atoms with E-state index in [0.29, 0.717) is 12.8 Å². The van der Waals surface area contributed by atoms with Gasteiger partial charge in [0.2, 0.25) is 0 Å². The topological polar surface area (TPSA) is 26.3 Å². The molecule has 1 heterocycles. The van der Waals surface area contributed by atoms with Crippen LogP contribution < -0.4 is 0 Å². The van der Waals surface area contributed by atoms with E-state index in [9.17, 15) is 4.79 Å². The summed E-state index contributed by atoms with van der Waals surface area (Å²) in [4.78, 5) is 11.4. The van der Waals surface area contributed by atoms with Gasteiger partial charge in [-0.15, -0.1) is 0 Å². The average Bonchev–Trinajstić information content (AvgIpc) is 2.39. The van der Waals surface area contributed by atoms with Crippen LogP contribution in [0.2, 0.25) is 0 Å². The number of unbranched alkanes of at least 4 members (excludes halogenated alkanes) is 2. The highest BCUT2D eigenvalue weighted by atomic mass is 16.5. The van der Waals surface area contributed by atoms with Crippen LogP contribution in [0.4, 0.5) is 0 Å². The molecule has 1 fully saturated rings. The van der Waals surface area contributed by atoms with E-state index in [-0.39, 0.29) is 6.42 Å². The maximum Gasteiger partial charge on any atom is 0.306 e. The first kappa shape index (κ1) is 3.69. The van der Waals surface area contributed by atoms with Crippen molar-refractivity contribution in [2.75, 3.05) is 0 Å². The molecule has 0 saturated carbocycles. The van der Waals surface area contributed by atoms with Gasteiger partial charge in [0.25, 0.3) is 0 Å². The number of esters is 1. The monoisotopic (exact) mass is 177 g/mol. The van der Waals surface area contributed by atoms with Gasteiger partial charge < -0.3 is 4.74 Å². The average molecular weight is 177 g/mol. The van der Waals surface area contributed by atoms with Crippen LogP contribution in [0, 0.1) is 0 Å². The molecular formula is C10H18O2. The van der Waals surface area contributed by atoms with Crippen molar-refractivity contribution in [1.29, 1.82) is 0 Å². The Labute approximate surface area is 84.1 Å². The summed E-state index contributed by atoms with van der Waals surface area (Å²) in [7, 11) is 0. The third-order valence-corrected chi connectivity index (χ3v) is 1.54. The van der Waals surface area contributed by atoms with Crippen molar-refractivity contribution in [3.8, 4) is 0 Å². The Kier molecular flexibility index (Phi) is 1.59. The molecule has 2 nitrogen and oxygen atoms in total. The highest BCUT2D eigenvalue weighted by Crippen LogP contribution is 2.19. The van der Waals surface area contributed by atoms with Gasteiger partial charge in [-0.3, -0.25) is 4.79 Å². The van der Waals surface area contributed by atoms with Crippen LogP contribution in [0.1, 0.15) is 61.3 Å². The highest BCUT2D eigenvalue weighted by Gasteiger charge is 2.22. The molecule has 0 bridgehead atoms. The van der Waals surface area contributed by atoms with E-state index in [4.69, 9.17) is 9.60 Å². The maximum atomic E-state index is 11.4. The number of ether oxygens (including phenoxy) is 1. The van der Waals surface area contributed by atoms with Crippen LogP contribution in [0.15, 0.2) is 0 Å². The summed E-state index contributed by atoms with van der Waals surface area (Å²) in [6, 6.07) is 0. The molecule has 0 spiro atoms. The molecule has 70 valence electrons. The fourth-order valence-electron chi connectivity index (χ4n) is 0.909. The summed E-state index contributed by atoms with van der Waals surface area (Å²) in [6.45, 7) is 1.92. The number of hydrogen-bond donors (Lipinski definition) is 0. The predicted molar refractivity (Wildman–Crippen MR) is 47.9 cm³/mol. The second-order valence-electron chi connectivity index (χ2n) is 2.60. The zero-order chi connectivity index (χ0) is 15.1. The SMILES string of the molecule is [2H]C([2H])(CCCCC)C1([2H])OC(=O)C([2H])([2H])C1([2H])[2H]. The fraction of sp³-hybridized carbons (Fsp3) is 0.900. The Balaban J connectivity index is 3.07. The van der Waals surface area contributed by atoms with Gasteiger partial charge in [0.1, 0.15) is 6.08 Å². The van der Waals surface area contributed by atoms with Crippen LogP contribution in [-0.4, -0.2) is 12.0 Å². The Morgan fingerprint density at radius 1 is 1.75 bits per heavy atom. The van der Waals surface area contributed by atoms with Gasteiger partial charge >= 0.3 is 5.97 Å². The van der Waals surface area contributed by atoms with Crippen LogP contribution in [-0.2, 0) is 9.53 Å². The zero-order valence-electron chi connectivity index (χ0n) is 14.1. The molecule has 1 saturated heterocycles. The number of carbonyl (C=O) groups is 1. The summed E-state index contributed by atoms with van der Waals surface area (Å²) in [5.41, 5.74) is 0. The second-order valence-corrected chi connectivity index (χ2v) is 2.60. The van der Waals surface area contributed by atoms with E-state index in [1.165, 1.54) is 0 Å². The highest BCUT2D eigenvalue weighted by molar-refractivity contribution is 5.71. The second kappa shape index (κ2) is 5.18. The molecule has 0 aromatic heterocycles. The third-order valence-electron chi connectivity index (χ3n) is 1.54. The number of rotatable bonds is 5. The lowest BCUT2D eigenvalue weighted by Gasteiger charge is -2.07. The Morgan fingerprint density at radius 2 is 2.58 bits per heavy atom. The Bertz CT molecular complexity index is 369. The molecule has 1 unspecified atom stereocenters. The van der Waals surface area contributed by atoms with E-state index in [1.807, 2.05) is 6.92 Å². The lowest BCUT2D eigenvalue weighted by atomic mass is 10.1. The van der Waals surface area contributed by atoms with Gasteiger partial charge in [0.15, 0.2) is 0 Å². The molecular weight excluding hydrogens is 152 g/mol. The molecule has 0 N–H and O–H groups in total. The third kappa shape index (κ3) is 3.24. The van der Waals surface area contributed by atoms with Crippen LogP contribution in [0.5, 0.6) is 0 Å². The minimum absolute atomic E-state index is 0.160. The molecule has 0 radical (unpaired) electrons. The molecule has 2 heteroatoms. The van der Waals surface area contributed by atoms with Gasteiger partial charge in [-0.1, -0.05) is 26.2 Å². The zero-order valence-corrected chi connectivity index (χ0v) is 7.14. The minimum Gasteiger partial charge on any atom is -0.462 e. The van der Waals surface area contributed by atoms with Crippen LogP contribution >= 0.6 is 0 Å². The van der Waals surface area contributed by atoms with Gasteiger partial charge in [-0.2, -0.15) is 0 Å². The largest absolute Gasteiger partial charge is 0.462 e. The summed E-state index contributed by atoms with van der Waals surface area (Å²) in [6.07, 6.45) is -9.60. The van der Waals surface area contributed by atoms with Crippen molar-refractivity contribution in [1.82, 2.24) is 0 Å². The van der Waals surface area contributed by atoms with E-state index >= 15 is 0 Å². The quantitative estimate of drug-likeness (QED) is 0.476. The molecule has 0 aromatic rings. The van der Waals surface area contributed by atoms with Crippen molar-refractivity contribution < 1.29 is 19.1 Å². The van der Waals surface area contributed by atoms with Crippen molar-refractivity contribution in [3.05, 3.63) is 0 Å². The molecule has 0 aromatic carbocycles. The molecule has 1 atom stereocenters. The van der Waals surface area contributed by atoms with Gasteiger partial charge in [0, 0.05) is 14.6 Å². The molecule has 12 heavy (non-hydrogen) atoms. The fourth-order valence-corrected chi connectivity index (χ4v) is 0.909.